The molecule has 1 spiro atoms. The van der Waals surface area contributed by atoms with Gasteiger partial charge in [0.05, 0.1) is 13.2 Å². The van der Waals surface area contributed by atoms with Crippen LogP contribution >= 0.6 is 0 Å². The molecule has 2 fully saturated rings. The molecule has 13 heavy (non-hydrogen) atoms. The van der Waals surface area contributed by atoms with E-state index < -0.39 is 0 Å². The lowest BCUT2D eigenvalue weighted by atomic mass is 9.64. The molecule has 0 atom stereocenters. The van der Waals surface area contributed by atoms with Gasteiger partial charge in [0, 0.05) is 5.41 Å². The Balaban J connectivity index is 2.04. The van der Waals surface area contributed by atoms with Crippen molar-refractivity contribution in [2.24, 2.45) is 10.8 Å². The van der Waals surface area contributed by atoms with E-state index in [2.05, 4.69) is 13.8 Å². The lowest BCUT2D eigenvalue weighted by Gasteiger charge is -2.46. The Morgan fingerprint density at radius 3 is 2.31 bits per heavy atom. The molecule has 0 unspecified atom stereocenters. The van der Waals surface area contributed by atoms with Crippen LogP contribution in [0.1, 0.15) is 39.5 Å². The molecule has 0 aromatic carbocycles. The molecule has 2 rings (SSSR count). The van der Waals surface area contributed by atoms with Gasteiger partial charge >= 0.3 is 0 Å². The summed E-state index contributed by atoms with van der Waals surface area (Å²) in [6.07, 6.45) is 5.24. The van der Waals surface area contributed by atoms with Crippen LogP contribution in [-0.4, -0.2) is 20.0 Å². The molecule has 76 valence electrons. The highest BCUT2D eigenvalue weighted by Gasteiger charge is 2.41. The van der Waals surface area contributed by atoms with Crippen molar-refractivity contribution >= 4 is 0 Å². The smallest absolute Gasteiger partial charge is 0.146 e. The van der Waals surface area contributed by atoms with Crippen LogP contribution in [0.3, 0.4) is 0 Å². The first-order chi connectivity index (χ1) is 6.12. The maximum atomic E-state index is 5.43. The molecule has 1 heterocycles. The highest BCUT2D eigenvalue weighted by atomic mass is 16.7. The van der Waals surface area contributed by atoms with Crippen molar-refractivity contribution in [1.82, 2.24) is 0 Å². The van der Waals surface area contributed by atoms with E-state index >= 15 is 0 Å². The van der Waals surface area contributed by atoms with E-state index in [9.17, 15) is 0 Å². The van der Waals surface area contributed by atoms with Crippen LogP contribution < -0.4 is 0 Å². The fraction of sp³-hybridized carbons (Fsp3) is 1.00. The fourth-order valence-electron chi connectivity index (χ4n) is 3.00. The molecule has 0 N–H and O–H groups in total. The quantitative estimate of drug-likeness (QED) is 0.576. The van der Waals surface area contributed by atoms with E-state index in [1.165, 1.54) is 25.7 Å². The van der Waals surface area contributed by atoms with Gasteiger partial charge in [0.25, 0.3) is 0 Å². The van der Waals surface area contributed by atoms with Crippen molar-refractivity contribution in [1.29, 1.82) is 0 Å². The van der Waals surface area contributed by atoms with Gasteiger partial charge in [-0.25, -0.2) is 0 Å². The molecule has 1 saturated carbocycles. The largest absolute Gasteiger partial charge is 0.355 e. The van der Waals surface area contributed by atoms with Gasteiger partial charge in [0.2, 0.25) is 0 Å². The minimum atomic E-state index is 0.347. The summed E-state index contributed by atoms with van der Waals surface area (Å²) in [6, 6.07) is 0. The van der Waals surface area contributed by atoms with Crippen LogP contribution in [-0.2, 0) is 9.47 Å². The topological polar surface area (TPSA) is 18.5 Å². The standard InChI is InChI=1S/C11H20O2/c1-10(2)4-3-5-11(6-10)7-12-9-13-8-11/h3-9H2,1-2H3. The van der Waals surface area contributed by atoms with E-state index in [1.807, 2.05) is 0 Å². The molecule has 0 aromatic rings. The van der Waals surface area contributed by atoms with Gasteiger partial charge in [-0.3, -0.25) is 0 Å². The molecule has 0 bridgehead atoms. The van der Waals surface area contributed by atoms with Gasteiger partial charge in [-0.2, -0.15) is 0 Å². The Hall–Kier alpha value is -0.0800. The number of hydrogen-bond acceptors (Lipinski definition) is 2. The average molecular weight is 184 g/mol. The second kappa shape index (κ2) is 3.25. The zero-order valence-corrected chi connectivity index (χ0v) is 8.77. The summed E-state index contributed by atoms with van der Waals surface area (Å²) in [6.45, 7) is 7.06. The third-order valence-electron chi connectivity index (χ3n) is 3.40. The molecule has 1 aliphatic heterocycles. The Morgan fingerprint density at radius 1 is 1.00 bits per heavy atom. The second-order valence-electron chi connectivity index (χ2n) is 5.51. The number of ether oxygens (including phenoxy) is 2. The van der Waals surface area contributed by atoms with E-state index in [-0.39, 0.29) is 0 Å². The van der Waals surface area contributed by atoms with E-state index in [0.29, 0.717) is 17.6 Å². The van der Waals surface area contributed by atoms with Gasteiger partial charge in [0.1, 0.15) is 6.79 Å². The first-order valence-electron chi connectivity index (χ1n) is 5.28. The van der Waals surface area contributed by atoms with Gasteiger partial charge in [-0.1, -0.05) is 20.3 Å². The first-order valence-corrected chi connectivity index (χ1v) is 5.28. The number of hydrogen-bond donors (Lipinski definition) is 0. The fourth-order valence-corrected chi connectivity index (χ4v) is 3.00. The van der Waals surface area contributed by atoms with Crippen molar-refractivity contribution in [3.8, 4) is 0 Å². The minimum Gasteiger partial charge on any atom is -0.355 e. The summed E-state index contributed by atoms with van der Waals surface area (Å²) in [5.74, 6) is 0. The summed E-state index contributed by atoms with van der Waals surface area (Å²) in [5, 5.41) is 0. The van der Waals surface area contributed by atoms with Crippen LogP contribution in [0.15, 0.2) is 0 Å². The molecule has 2 heteroatoms. The van der Waals surface area contributed by atoms with Crippen molar-refractivity contribution in [2.45, 2.75) is 39.5 Å². The molecular formula is C11H20O2. The number of rotatable bonds is 0. The van der Waals surface area contributed by atoms with Crippen LogP contribution in [0.5, 0.6) is 0 Å². The van der Waals surface area contributed by atoms with Crippen molar-refractivity contribution in [2.75, 3.05) is 20.0 Å². The first kappa shape index (κ1) is 9.47. The molecule has 1 saturated heterocycles. The summed E-state index contributed by atoms with van der Waals surface area (Å²) in [7, 11) is 0. The lowest BCUT2D eigenvalue weighted by Crippen LogP contribution is -2.43. The molecule has 2 nitrogen and oxygen atoms in total. The van der Waals surface area contributed by atoms with E-state index in [4.69, 9.17) is 9.47 Å². The Labute approximate surface area is 80.6 Å². The summed E-state index contributed by atoms with van der Waals surface area (Å²) in [5.41, 5.74) is 0.836. The van der Waals surface area contributed by atoms with Crippen molar-refractivity contribution in [3.63, 3.8) is 0 Å². The van der Waals surface area contributed by atoms with Gasteiger partial charge in [-0.15, -0.1) is 0 Å². The molecule has 1 aliphatic carbocycles. The maximum absolute atomic E-state index is 5.43. The van der Waals surface area contributed by atoms with Crippen LogP contribution in [0, 0.1) is 10.8 Å². The SMILES string of the molecule is CC1(C)CCCC2(COCOC2)C1. The van der Waals surface area contributed by atoms with Crippen LogP contribution in [0.2, 0.25) is 0 Å². The Kier molecular flexibility index (Phi) is 2.37. The van der Waals surface area contributed by atoms with Crippen LogP contribution in [0.25, 0.3) is 0 Å². The summed E-state index contributed by atoms with van der Waals surface area (Å²) >= 11 is 0. The van der Waals surface area contributed by atoms with E-state index in [1.54, 1.807) is 0 Å². The molecule has 0 amide bonds. The monoisotopic (exact) mass is 184 g/mol. The van der Waals surface area contributed by atoms with Crippen LogP contribution in [0.4, 0.5) is 0 Å². The Morgan fingerprint density at radius 2 is 1.69 bits per heavy atom. The average Bonchev–Trinajstić information content (AvgIpc) is 2.03. The highest BCUT2D eigenvalue weighted by molar-refractivity contribution is 4.91. The third-order valence-corrected chi connectivity index (χ3v) is 3.40. The van der Waals surface area contributed by atoms with Gasteiger partial charge in [0.15, 0.2) is 0 Å². The molecule has 0 radical (unpaired) electrons. The minimum absolute atomic E-state index is 0.347. The lowest BCUT2D eigenvalue weighted by molar-refractivity contribution is -0.183. The third kappa shape index (κ3) is 2.05. The predicted molar refractivity (Wildman–Crippen MR) is 51.5 cm³/mol. The molecule has 0 aromatic heterocycles. The normalized spacial score (nSPS) is 31.8. The summed E-state index contributed by atoms with van der Waals surface area (Å²) in [4.78, 5) is 0. The summed E-state index contributed by atoms with van der Waals surface area (Å²) < 4.78 is 10.9. The van der Waals surface area contributed by atoms with Crippen molar-refractivity contribution in [3.05, 3.63) is 0 Å². The molecular weight excluding hydrogens is 164 g/mol. The Bertz CT molecular complexity index is 175. The zero-order chi connectivity index (χ0) is 9.36. The highest BCUT2D eigenvalue weighted by Crippen LogP contribution is 2.47. The van der Waals surface area contributed by atoms with E-state index in [0.717, 1.165) is 13.2 Å². The predicted octanol–water partition coefficient (Wildman–Crippen LogP) is 2.58. The van der Waals surface area contributed by atoms with Gasteiger partial charge < -0.3 is 9.47 Å². The van der Waals surface area contributed by atoms with Crippen molar-refractivity contribution < 1.29 is 9.47 Å². The molecule has 2 aliphatic rings. The second-order valence-corrected chi connectivity index (χ2v) is 5.51. The van der Waals surface area contributed by atoms with Gasteiger partial charge in [-0.05, 0) is 24.7 Å². The maximum Gasteiger partial charge on any atom is 0.146 e. The zero-order valence-electron chi connectivity index (χ0n) is 8.77.